The van der Waals surface area contributed by atoms with Crippen LogP contribution in [-0.2, 0) is 16.0 Å². The lowest BCUT2D eigenvalue weighted by Crippen LogP contribution is -2.44. The van der Waals surface area contributed by atoms with Crippen molar-refractivity contribution in [2.24, 2.45) is 16.6 Å². The zero-order valence-corrected chi connectivity index (χ0v) is 11.5. The van der Waals surface area contributed by atoms with Crippen molar-refractivity contribution in [2.75, 3.05) is 6.54 Å². The van der Waals surface area contributed by atoms with Gasteiger partial charge in [-0.3, -0.25) is 9.59 Å². The number of nitrogens with zero attached hydrogens (tertiary/aromatic N) is 2. The third-order valence-electron chi connectivity index (χ3n) is 3.61. The van der Waals surface area contributed by atoms with Gasteiger partial charge in [0.25, 0.3) is 0 Å². The van der Waals surface area contributed by atoms with E-state index >= 15 is 0 Å². The standard InChI is InChI=1S/C14H18N4O3/c15-13(17-21)10-5-3-9(4-6-10)8-12(19)18-7-1-2-11(18)14(16)20/h3-6,11,21H,1-2,7-8H2,(H2,15,17)(H2,16,20). The van der Waals surface area contributed by atoms with Gasteiger partial charge in [0.05, 0.1) is 6.42 Å². The van der Waals surface area contributed by atoms with Gasteiger partial charge >= 0.3 is 0 Å². The summed E-state index contributed by atoms with van der Waals surface area (Å²) in [6.07, 6.45) is 1.62. The molecule has 0 radical (unpaired) electrons. The molecule has 1 aromatic carbocycles. The smallest absolute Gasteiger partial charge is 0.240 e. The zero-order chi connectivity index (χ0) is 15.4. The van der Waals surface area contributed by atoms with Gasteiger partial charge in [0.1, 0.15) is 6.04 Å². The number of hydrogen-bond donors (Lipinski definition) is 3. The monoisotopic (exact) mass is 290 g/mol. The summed E-state index contributed by atoms with van der Waals surface area (Å²) >= 11 is 0. The molecule has 1 fully saturated rings. The molecule has 2 rings (SSSR count). The van der Waals surface area contributed by atoms with Crippen molar-refractivity contribution < 1.29 is 14.8 Å². The molecule has 2 amide bonds. The first-order chi connectivity index (χ1) is 10.0. The van der Waals surface area contributed by atoms with E-state index in [9.17, 15) is 9.59 Å². The highest BCUT2D eigenvalue weighted by atomic mass is 16.4. The Hall–Kier alpha value is -2.57. The maximum absolute atomic E-state index is 12.2. The highest BCUT2D eigenvalue weighted by Crippen LogP contribution is 2.18. The molecule has 1 saturated heterocycles. The summed E-state index contributed by atoms with van der Waals surface area (Å²) < 4.78 is 0. The van der Waals surface area contributed by atoms with Gasteiger partial charge in [0.15, 0.2) is 5.84 Å². The largest absolute Gasteiger partial charge is 0.409 e. The van der Waals surface area contributed by atoms with Crippen molar-refractivity contribution in [1.29, 1.82) is 0 Å². The number of amides is 2. The van der Waals surface area contributed by atoms with E-state index in [1.807, 2.05) is 0 Å². The second-order valence-corrected chi connectivity index (χ2v) is 5.01. The number of carbonyl (C=O) groups is 2. The fourth-order valence-electron chi connectivity index (χ4n) is 2.49. The fraction of sp³-hybridized carbons (Fsp3) is 0.357. The van der Waals surface area contributed by atoms with Crippen molar-refractivity contribution in [1.82, 2.24) is 4.90 Å². The lowest BCUT2D eigenvalue weighted by Gasteiger charge is -2.22. The predicted molar refractivity (Wildman–Crippen MR) is 76.6 cm³/mol. The van der Waals surface area contributed by atoms with Crippen LogP contribution in [0.25, 0.3) is 0 Å². The van der Waals surface area contributed by atoms with E-state index in [4.69, 9.17) is 16.7 Å². The van der Waals surface area contributed by atoms with E-state index in [1.165, 1.54) is 0 Å². The summed E-state index contributed by atoms with van der Waals surface area (Å²) in [5.41, 5.74) is 12.1. The van der Waals surface area contributed by atoms with Gasteiger partial charge < -0.3 is 21.6 Å². The Labute approximate surface area is 122 Å². The Morgan fingerprint density at radius 3 is 2.52 bits per heavy atom. The first kappa shape index (κ1) is 14.8. The van der Waals surface area contributed by atoms with E-state index in [0.29, 0.717) is 18.5 Å². The number of hydrogen-bond acceptors (Lipinski definition) is 4. The average molecular weight is 290 g/mol. The molecule has 0 bridgehead atoms. The molecular formula is C14H18N4O3. The van der Waals surface area contributed by atoms with Crippen LogP contribution in [0.15, 0.2) is 29.4 Å². The van der Waals surface area contributed by atoms with Gasteiger partial charge in [0, 0.05) is 12.1 Å². The van der Waals surface area contributed by atoms with Crippen LogP contribution in [-0.4, -0.2) is 40.3 Å². The number of primary amides is 1. The maximum Gasteiger partial charge on any atom is 0.240 e. The van der Waals surface area contributed by atoms with Crippen molar-refractivity contribution in [2.45, 2.75) is 25.3 Å². The van der Waals surface area contributed by atoms with E-state index < -0.39 is 11.9 Å². The van der Waals surface area contributed by atoms with Crippen LogP contribution < -0.4 is 11.5 Å². The number of carbonyl (C=O) groups excluding carboxylic acids is 2. The minimum absolute atomic E-state index is 0.0150. The summed E-state index contributed by atoms with van der Waals surface area (Å²) in [6, 6.07) is 6.33. The van der Waals surface area contributed by atoms with E-state index in [1.54, 1.807) is 29.2 Å². The minimum Gasteiger partial charge on any atom is -0.409 e. The average Bonchev–Trinajstić information content (AvgIpc) is 2.97. The molecule has 1 unspecified atom stereocenters. The first-order valence-electron chi connectivity index (χ1n) is 6.68. The predicted octanol–water partition coefficient (Wildman–Crippen LogP) is -0.200. The molecule has 0 aliphatic carbocycles. The highest BCUT2D eigenvalue weighted by molar-refractivity contribution is 5.97. The lowest BCUT2D eigenvalue weighted by molar-refractivity contribution is -0.136. The number of likely N-dealkylation sites (tertiary alicyclic amines) is 1. The van der Waals surface area contributed by atoms with Crippen molar-refractivity contribution in [3.63, 3.8) is 0 Å². The molecule has 0 saturated carbocycles. The Morgan fingerprint density at radius 1 is 1.29 bits per heavy atom. The van der Waals surface area contributed by atoms with Crippen LogP contribution in [0, 0.1) is 0 Å². The van der Waals surface area contributed by atoms with Gasteiger partial charge in [-0.1, -0.05) is 29.4 Å². The highest BCUT2D eigenvalue weighted by Gasteiger charge is 2.32. The Bertz CT molecular complexity index is 568. The summed E-state index contributed by atoms with van der Waals surface area (Å²) in [5, 5.41) is 11.5. The van der Waals surface area contributed by atoms with Gasteiger partial charge in [-0.2, -0.15) is 0 Å². The summed E-state index contributed by atoms with van der Waals surface area (Å²) in [6.45, 7) is 0.564. The van der Waals surface area contributed by atoms with Crippen molar-refractivity contribution in [3.05, 3.63) is 35.4 Å². The number of nitrogens with two attached hydrogens (primary N) is 2. The Balaban J connectivity index is 2.04. The minimum atomic E-state index is -0.492. The van der Waals surface area contributed by atoms with E-state index in [-0.39, 0.29) is 18.2 Å². The molecule has 21 heavy (non-hydrogen) atoms. The molecule has 1 atom stereocenters. The van der Waals surface area contributed by atoms with Gasteiger partial charge in [-0.05, 0) is 18.4 Å². The van der Waals surface area contributed by atoms with Crippen LogP contribution in [0.1, 0.15) is 24.0 Å². The second kappa shape index (κ2) is 6.25. The van der Waals surface area contributed by atoms with Gasteiger partial charge in [0.2, 0.25) is 11.8 Å². The van der Waals surface area contributed by atoms with Crippen molar-refractivity contribution in [3.8, 4) is 0 Å². The van der Waals surface area contributed by atoms with Gasteiger partial charge in [-0.25, -0.2) is 0 Å². The van der Waals surface area contributed by atoms with Crippen LogP contribution in [0.5, 0.6) is 0 Å². The molecule has 1 aliphatic rings. The maximum atomic E-state index is 12.2. The summed E-state index contributed by atoms with van der Waals surface area (Å²) in [5.74, 6) is -0.558. The summed E-state index contributed by atoms with van der Waals surface area (Å²) in [7, 11) is 0. The molecule has 0 spiro atoms. The first-order valence-corrected chi connectivity index (χ1v) is 6.68. The Kier molecular flexibility index (Phi) is 4.42. The number of benzene rings is 1. The molecule has 1 heterocycles. The molecule has 1 aromatic rings. The lowest BCUT2D eigenvalue weighted by atomic mass is 10.1. The third kappa shape index (κ3) is 3.31. The van der Waals surface area contributed by atoms with Gasteiger partial charge in [-0.15, -0.1) is 0 Å². The van der Waals surface area contributed by atoms with Crippen molar-refractivity contribution >= 4 is 17.6 Å². The molecule has 1 aliphatic heterocycles. The SMILES string of the molecule is NC(=O)C1CCCN1C(=O)Cc1ccc(C(N)=NO)cc1. The molecule has 0 aromatic heterocycles. The normalized spacial score (nSPS) is 18.8. The number of rotatable bonds is 4. The topological polar surface area (TPSA) is 122 Å². The van der Waals surface area contributed by atoms with E-state index in [0.717, 1.165) is 12.0 Å². The number of oxime groups is 1. The molecule has 112 valence electrons. The second-order valence-electron chi connectivity index (χ2n) is 5.01. The molecule has 5 N–H and O–H groups in total. The molecule has 7 heteroatoms. The van der Waals surface area contributed by atoms with Crippen LogP contribution in [0.3, 0.4) is 0 Å². The number of amidine groups is 1. The Morgan fingerprint density at radius 2 is 1.95 bits per heavy atom. The zero-order valence-electron chi connectivity index (χ0n) is 11.5. The van der Waals surface area contributed by atoms with Crippen LogP contribution in [0.4, 0.5) is 0 Å². The summed E-state index contributed by atoms with van der Waals surface area (Å²) in [4.78, 5) is 25.1. The van der Waals surface area contributed by atoms with Crippen LogP contribution in [0.2, 0.25) is 0 Å². The quantitative estimate of drug-likeness (QED) is 0.307. The fourth-order valence-corrected chi connectivity index (χ4v) is 2.49. The molecular weight excluding hydrogens is 272 g/mol. The third-order valence-corrected chi connectivity index (χ3v) is 3.61. The van der Waals surface area contributed by atoms with Crippen LogP contribution >= 0.6 is 0 Å². The molecule has 7 nitrogen and oxygen atoms in total. The van der Waals surface area contributed by atoms with E-state index in [2.05, 4.69) is 5.16 Å².